The predicted molar refractivity (Wildman–Crippen MR) is 39.7 cm³/mol. The second kappa shape index (κ2) is 3.53. The lowest BCUT2D eigenvalue weighted by molar-refractivity contribution is 0.0934. The van der Waals surface area contributed by atoms with Crippen molar-refractivity contribution in [3.63, 3.8) is 0 Å². The molecule has 0 unspecified atom stereocenters. The monoisotopic (exact) mass is 182 g/mol. The van der Waals surface area contributed by atoms with E-state index in [0.29, 0.717) is 0 Å². The van der Waals surface area contributed by atoms with Gasteiger partial charge in [-0.05, 0) is 12.1 Å². The average Bonchev–Trinajstić information content (AvgIpc) is 2.51. The Bertz CT molecular complexity index is 399. The molecule has 1 aromatic rings. The maximum absolute atomic E-state index is 11.1. The van der Waals surface area contributed by atoms with E-state index < -0.39 is 17.7 Å². The fourth-order valence-electron chi connectivity index (χ4n) is 0.625. The van der Waals surface area contributed by atoms with Crippen molar-refractivity contribution in [3.05, 3.63) is 16.4 Å². The first-order valence-corrected chi connectivity index (χ1v) is 3.40. The summed E-state index contributed by atoms with van der Waals surface area (Å²) in [6.45, 7) is 1.50. The second-order valence-corrected chi connectivity index (χ2v) is 2.27. The molecular weight excluding hydrogens is 176 g/mol. The first-order valence-electron chi connectivity index (χ1n) is 3.40. The Morgan fingerprint density at radius 1 is 1.85 bits per heavy atom. The van der Waals surface area contributed by atoms with Gasteiger partial charge in [0, 0.05) is 0 Å². The molecule has 0 saturated carbocycles. The molecule has 1 rings (SSSR count). The molecule has 0 aliphatic heterocycles. The molecule has 1 amide bonds. The van der Waals surface area contributed by atoms with Gasteiger partial charge in [-0.2, -0.15) is 5.26 Å². The van der Waals surface area contributed by atoms with E-state index in [2.05, 4.69) is 20.0 Å². The van der Waals surface area contributed by atoms with E-state index in [1.54, 1.807) is 6.07 Å². The molecule has 1 aromatic heterocycles. The van der Waals surface area contributed by atoms with Crippen molar-refractivity contribution in [3.8, 4) is 6.07 Å². The van der Waals surface area contributed by atoms with Crippen LogP contribution in [0.4, 0.5) is 0 Å². The highest BCUT2D eigenvalue weighted by Crippen LogP contribution is 1.86. The van der Waals surface area contributed by atoms with Gasteiger partial charge in [-0.15, -0.1) is 0 Å². The average molecular weight is 182 g/mol. The summed E-state index contributed by atoms with van der Waals surface area (Å²) >= 11 is 0. The molecule has 0 aliphatic carbocycles. The van der Waals surface area contributed by atoms with Gasteiger partial charge in [0.25, 0.3) is 5.91 Å². The molecule has 0 saturated heterocycles. The number of nitrogens with one attached hydrogen (secondary N) is 2. The zero-order valence-corrected chi connectivity index (χ0v) is 6.70. The van der Waals surface area contributed by atoms with Gasteiger partial charge in [0.1, 0.15) is 6.04 Å². The van der Waals surface area contributed by atoms with Crippen LogP contribution >= 0.6 is 0 Å². The van der Waals surface area contributed by atoms with Gasteiger partial charge in [-0.3, -0.25) is 14.3 Å². The van der Waals surface area contributed by atoms with Crippen molar-refractivity contribution < 1.29 is 9.32 Å². The number of hydrogen-bond acceptors (Lipinski definition) is 5. The summed E-state index contributed by atoms with van der Waals surface area (Å²) < 4.78 is 4.10. The minimum atomic E-state index is -0.810. The largest absolute Gasteiger partial charge is 0.439 e. The molecule has 7 heteroatoms. The Morgan fingerprint density at radius 2 is 2.54 bits per heavy atom. The quantitative estimate of drug-likeness (QED) is 0.609. The third-order valence-corrected chi connectivity index (χ3v) is 1.20. The minimum absolute atomic E-state index is 0.243. The summed E-state index contributed by atoms with van der Waals surface area (Å²) in [6.07, 6.45) is 0. The van der Waals surface area contributed by atoms with Crippen molar-refractivity contribution in [1.82, 2.24) is 15.5 Å². The number of carbonyl (C=O) groups excluding carboxylic acids is 1. The van der Waals surface area contributed by atoms with Crippen LogP contribution in [0.5, 0.6) is 0 Å². The summed E-state index contributed by atoms with van der Waals surface area (Å²) in [4.78, 5) is 23.5. The third-order valence-electron chi connectivity index (χ3n) is 1.20. The van der Waals surface area contributed by atoms with Crippen LogP contribution in [0.25, 0.3) is 0 Å². The first-order chi connectivity index (χ1) is 6.13. The van der Waals surface area contributed by atoms with Crippen molar-refractivity contribution in [2.24, 2.45) is 0 Å². The predicted octanol–water partition coefficient (Wildman–Crippen LogP) is -0.995. The van der Waals surface area contributed by atoms with Crippen molar-refractivity contribution in [1.29, 1.82) is 5.26 Å². The number of aromatic nitrogens is 2. The molecular formula is C6H6N4O3. The highest BCUT2D eigenvalue weighted by Gasteiger charge is 2.13. The summed E-state index contributed by atoms with van der Waals surface area (Å²) in [5, 5.41) is 13.8. The van der Waals surface area contributed by atoms with Crippen LogP contribution in [-0.4, -0.2) is 22.1 Å². The van der Waals surface area contributed by atoms with Crippen LogP contribution in [0, 0.1) is 11.3 Å². The van der Waals surface area contributed by atoms with E-state index in [9.17, 15) is 9.59 Å². The lowest BCUT2D eigenvalue weighted by Crippen LogP contribution is -2.32. The molecule has 7 nitrogen and oxygen atoms in total. The number of rotatable bonds is 2. The van der Waals surface area contributed by atoms with E-state index in [1.807, 2.05) is 0 Å². The van der Waals surface area contributed by atoms with Crippen molar-refractivity contribution in [2.45, 2.75) is 13.0 Å². The second-order valence-electron chi connectivity index (χ2n) is 2.27. The molecule has 1 atom stereocenters. The van der Waals surface area contributed by atoms with E-state index in [1.165, 1.54) is 6.92 Å². The molecule has 13 heavy (non-hydrogen) atoms. The highest BCUT2D eigenvalue weighted by molar-refractivity contribution is 5.90. The van der Waals surface area contributed by atoms with Crippen molar-refractivity contribution in [2.75, 3.05) is 0 Å². The topological polar surface area (TPSA) is 112 Å². The molecule has 0 fully saturated rings. The van der Waals surface area contributed by atoms with E-state index in [4.69, 9.17) is 5.26 Å². The summed E-state index contributed by atoms with van der Waals surface area (Å²) in [7, 11) is 0. The number of aromatic amines is 1. The van der Waals surface area contributed by atoms with Crippen LogP contribution in [0.15, 0.2) is 9.32 Å². The van der Waals surface area contributed by atoms with Gasteiger partial charge >= 0.3 is 5.76 Å². The molecule has 0 aromatic carbocycles. The number of H-pyrrole nitrogens is 1. The lowest BCUT2D eigenvalue weighted by atomic mass is 10.4. The van der Waals surface area contributed by atoms with Crippen LogP contribution in [0.1, 0.15) is 17.5 Å². The standard InChI is InChI=1S/C6H6N4O3/c1-3(2-7)8-5(11)4-9-6(12)13-10-4/h3H,1H3,(H,8,11)(H,9,10,12)/t3-/m0/s1. The fraction of sp³-hybridized carbons (Fsp3) is 0.333. The van der Waals surface area contributed by atoms with Gasteiger partial charge < -0.3 is 5.32 Å². The number of nitriles is 1. The van der Waals surface area contributed by atoms with Gasteiger partial charge in [0.05, 0.1) is 6.07 Å². The van der Waals surface area contributed by atoms with Gasteiger partial charge in [-0.25, -0.2) is 4.79 Å². The Balaban J connectivity index is 2.71. The Hall–Kier alpha value is -2.10. The van der Waals surface area contributed by atoms with Crippen molar-refractivity contribution >= 4 is 5.91 Å². The van der Waals surface area contributed by atoms with Gasteiger partial charge in [0.2, 0.25) is 5.82 Å². The lowest BCUT2D eigenvalue weighted by Gasteiger charge is -2.01. The zero-order valence-electron chi connectivity index (χ0n) is 6.70. The summed E-state index contributed by atoms with van der Waals surface area (Å²) in [6, 6.07) is 1.14. The number of amides is 1. The number of hydrogen-bond donors (Lipinski definition) is 2. The molecule has 68 valence electrons. The smallest absolute Gasteiger partial charge is 0.334 e. The minimum Gasteiger partial charge on any atom is -0.334 e. The van der Waals surface area contributed by atoms with E-state index in [0.717, 1.165) is 0 Å². The molecule has 0 radical (unpaired) electrons. The zero-order chi connectivity index (χ0) is 9.84. The van der Waals surface area contributed by atoms with Crippen LogP contribution in [0.3, 0.4) is 0 Å². The normalized spacial score (nSPS) is 11.7. The summed E-state index contributed by atoms with van der Waals surface area (Å²) in [5.74, 6) is -1.71. The number of nitrogens with zero attached hydrogens (tertiary/aromatic N) is 2. The Kier molecular flexibility index (Phi) is 2.44. The SMILES string of the molecule is C[C@@H](C#N)NC(=O)c1noc(=O)[nH]1. The van der Waals surface area contributed by atoms with E-state index in [-0.39, 0.29) is 5.82 Å². The summed E-state index contributed by atoms with van der Waals surface area (Å²) in [5.41, 5.74) is 0. The van der Waals surface area contributed by atoms with Gasteiger partial charge in [-0.1, -0.05) is 0 Å². The van der Waals surface area contributed by atoms with Gasteiger partial charge in [0.15, 0.2) is 0 Å². The first kappa shape index (κ1) is 8.99. The molecule has 2 N–H and O–H groups in total. The fourth-order valence-corrected chi connectivity index (χ4v) is 0.625. The van der Waals surface area contributed by atoms with Crippen LogP contribution in [0.2, 0.25) is 0 Å². The molecule has 0 bridgehead atoms. The Labute approximate surface area is 72.3 Å². The Morgan fingerprint density at radius 3 is 3.00 bits per heavy atom. The molecule has 0 aliphatic rings. The van der Waals surface area contributed by atoms with Crippen LogP contribution < -0.4 is 11.1 Å². The van der Waals surface area contributed by atoms with E-state index >= 15 is 0 Å². The number of carbonyl (C=O) groups is 1. The molecule has 0 spiro atoms. The maximum Gasteiger partial charge on any atom is 0.439 e. The maximum atomic E-state index is 11.1. The molecule has 1 heterocycles. The third kappa shape index (κ3) is 2.16. The van der Waals surface area contributed by atoms with Crippen LogP contribution in [-0.2, 0) is 0 Å². The highest BCUT2D eigenvalue weighted by atomic mass is 16.5.